The van der Waals surface area contributed by atoms with Crippen molar-refractivity contribution >= 4 is 28.9 Å². The quantitative estimate of drug-likeness (QED) is 0.438. The molecule has 2 aromatic carbocycles. The van der Waals surface area contributed by atoms with Crippen LogP contribution in [0.3, 0.4) is 0 Å². The number of nitro benzene ring substituents is 1. The lowest BCUT2D eigenvalue weighted by atomic mass is 10.1. The minimum atomic E-state index is -0.856. The number of hydrogen-bond donors (Lipinski definition) is 2. The van der Waals surface area contributed by atoms with E-state index in [1.54, 1.807) is 25.2 Å². The minimum Gasteiger partial charge on any atom is -0.486 e. The topological polar surface area (TPSA) is 129 Å². The molecular weight excluding hydrogens is 370 g/mol. The van der Waals surface area contributed by atoms with Crippen LogP contribution in [0, 0.1) is 10.1 Å². The van der Waals surface area contributed by atoms with E-state index in [0.717, 1.165) is 6.07 Å². The molecule has 0 aromatic heterocycles. The van der Waals surface area contributed by atoms with Crippen molar-refractivity contribution in [3.8, 4) is 11.5 Å². The maximum atomic E-state index is 12.2. The normalized spacial score (nSPS) is 12.0. The fourth-order valence-corrected chi connectivity index (χ4v) is 2.56. The molecule has 1 amide bonds. The van der Waals surface area contributed by atoms with Crippen LogP contribution in [0.1, 0.15) is 10.4 Å². The maximum Gasteiger partial charge on any atom is 0.341 e. The number of fused-ring (bicyclic) bond motifs is 1. The third kappa shape index (κ3) is 4.29. The third-order valence-electron chi connectivity index (χ3n) is 3.86. The maximum absolute atomic E-state index is 12.2. The monoisotopic (exact) mass is 387 g/mol. The number of amides is 1. The van der Waals surface area contributed by atoms with Gasteiger partial charge in [0.25, 0.3) is 11.6 Å². The number of nitrogens with zero attached hydrogens (tertiary/aromatic N) is 1. The zero-order valence-corrected chi connectivity index (χ0v) is 14.9. The summed E-state index contributed by atoms with van der Waals surface area (Å²) in [4.78, 5) is 34.6. The Morgan fingerprint density at radius 3 is 2.61 bits per heavy atom. The number of rotatable bonds is 6. The van der Waals surface area contributed by atoms with E-state index in [1.807, 2.05) is 0 Å². The number of non-ortho nitro benzene ring substituents is 1. The minimum absolute atomic E-state index is 0.0381. The number of nitro groups is 1. The summed E-state index contributed by atoms with van der Waals surface area (Å²) in [6, 6.07) is 8.65. The van der Waals surface area contributed by atoms with Gasteiger partial charge in [0.2, 0.25) is 0 Å². The first-order chi connectivity index (χ1) is 13.5. The number of carbonyl (C=O) groups excluding carboxylic acids is 2. The number of anilines is 2. The van der Waals surface area contributed by atoms with Crippen LogP contribution in [0.25, 0.3) is 0 Å². The van der Waals surface area contributed by atoms with E-state index in [1.165, 1.54) is 12.1 Å². The molecule has 0 saturated carbocycles. The van der Waals surface area contributed by atoms with Crippen LogP contribution in [0.4, 0.5) is 17.1 Å². The smallest absolute Gasteiger partial charge is 0.341 e. The van der Waals surface area contributed by atoms with Crippen LogP contribution in [-0.4, -0.2) is 43.7 Å². The molecular formula is C18H17N3O7. The first-order valence-electron chi connectivity index (χ1n) is 8.31. The molecule has 0 saturated heterocycles. The summed E-state index contributed by atoms with van der Waals surface area (Å²) in [6.07, 6.45) is 0. The molecule has 0 atom stereocenters. The number of carbonyl (C=O) groups is 2. The fraction of sp³-hybridized carbons (Fsp3) is 0.222. The molecule has 2 N–H and O–H groups in total. The summed E-state index contributed by atoms with van der Waals surface area (Å²) < 4.78 is 15.8. The fourth-order valence-electron chi connectivity index (χ4n) is 2.56. The van der Waals surface area contributed by atoms with Crippen molar-refractivity contribution in [3.05, 3.63) is 52.1 Å². The van der Waals surface area contributed by atoms with Crippen LogP contribution in [0.15, 0.2) is 36.4 Å². The number of hydrogen-bond acceptors (Lipinski definition) is 8. The molecule has 3 rings (SSSR count). The van der Waals surface area contributed by atoms with E-state index in [9.17, 15) is 19.7 Å². The van der Waals surface area contributed by atoms with E-state index in [0.29, 0.717) is 36.1 Å². The summed E-state index contributed by atoms with van der Waals surface area (Å²) in [7, 11) is 1.56. The van der Waals surface area contributed by atoms with Crippen molar-refractivity contribution in [1.82, 2.24) is 0 Å². The Morgan fingerprint density at radius 1 is 1.14 bits per heavy atom. The molecule has 0 spiro atoms. The predicted molar refractivity (Wildman–Crippen MR) is 99.0 cm³/mol. The Kier molecular flexibility index (Phi) is 5.58. The van der Waals surface area contributed by atoms with E-state index in [4.69, 9.17) is 14.2 Å². The van der Waals surface area contributed by atoms with E-state index in [2.05, 4.69) is 10.6 Å². The van der Waals surface area contributed by atoms with Gasteiger partial charge in [-0.25, -0.2) is 4.79 Å². The van der Waals surface area contributed by atoms with Gasteiger partial charge in [-0.1, -0.05) is 0 Å². The standard InChI is InChI=1S/C18H17N3O7/c1-19-14-4-3-12(21(24)25)9-13(14)18(23)28-10-17(22)20-11-2-5-15-16(8-11)27-7-6-26-15/h2-5,8-9,19H,6-7,10H2,1H3,(H,20,22). The summed E-state index contributed by atoms with van der Waals surface area (Å²) in [6.45, 7) is 0.319. The molecule has 1 heterocycles. The van der Waals surface area contributed by atoms with Crippen LogP contribution in [0.5, 0.6) is 11.5 Å². The average molecular weight is 387 g/mol. The molecule has 146 valence electrons. The number of esters is 1. The van der Waals surface area contributed by atoms with Gasteiger partial charge in [-0.15, -0.1) is 0 Å². The highest BCUT2D eigenvalue weighted by atomic mass is 16.6. The number of benzene rings is 2. The summed E-state index contributed by atoms with van der Waals surface area (Å²) in [5.74, 6) is -0.330. The molecule has 10 heteroatoms. The molecule has 1 aliphatic heterocycles. The second-order valence-electron chi connectivity index (χ2n) is 5.72. The zero-order valence-electron chi connectivity index (χ0n) is 14.9. The van der Waals surface area contributed by atoms with Gasteiger partial charge in [0.15, 0.2) is 18.1 Å². The van der Waals surface area contributed by atoms with Gasteiger partial charge in [-0.05, 0) is 18.2 Å². The van der Waals surface area contributed by atoms with Crippen molar-refractivity contribution in [2.45, 2.75) is 0 Å². The first-order valence-corrected chi connectivity index (χ1v) is 8.31. The summed E-state index contributed by atoms with van der Waals surface area (Å²) in [5.41, 5.74) is 0.509. The van der Waals surface area contributed by atoms with Gasteiger partial charge in [-0.2, -0.15) is 0 Å². The highest BCUT2D eigenvalue weighted by Gasteiger charge is 2.19. The highest BCUT2D eigenvalue weighted by molar-refractivity contribution is 5.99. The third-order valence-corrected chi connectivity index (χ3v) is 3.86. The van der Waals surface area contributed by atoms with Crippen molar-refractivity contribution < 1.29 is 28.7 Å². The number of ether oxygens (including phenoxy) is 3. The van der Waals surface area contributed by atoms with Gasteiger partial charge in [-0.3, -0.25) is 14.9 Å². The lowest BCUT2D eigenvalue weighted by Crippen LogP contribution is -2.22. The second-order valence-corrected chi connectivity index (χ2v) is 5.72. The SMILES string of the molecule is CNc1ccc([N+](=O)[O-])cc1C(=O)OCC(=O)Nc1ccc2c(c1)OCCO2. The Bertz CT molecular complexity index is 929. The first kappa shape index (κ1) is 19.0. The van der Waals surface area contributed by atoms with Crippen molar-refractivity contribution in [2.75, 3.05) is 37.5 Å². The molecule has 0 fully saturated rings. The molecule has 0 unspecified atom stereocenters. The Labute approximate surface area is 159 Å². The van der Waals surface area contributed by atoms with Crippen LogP contribution >= 0.6 is 0 Å². The van der Waals surface area contributed by atoms with Crippen molar-refractivity contribution in [2.24, 2.45) is 0 Å². The lowest BCUT2D eigenvalue weighted by molar-refractivity contribution is -0.384. The van der Waals surface area contributed by atoms with E-state index >= 15 is 0 Å². The van der Waals surface area contributed by atoms with Gasteiger partial charge in [0.05, 0.1) is 10.5 Å². The van der Waals surface area contributed by atoms with Crippen LogP contribution in [-0.2, 0) is 9.53 Å². The van der Waals surface area contributed by atoms with E-state index < -0.39 is 23.4 Å². The molecule has 2 aromatic rings. The van der Waals surface area contributed by atoms with Crippen molar-refractivity contribution in [1.29, 1.82) is 0 Å². The van der Waals surface area contributed by atoms with Crippen LogP contribution < -0.4 is 20.1 Å². The summed E-state index contributed by atoms with van der Waals surface area (Å²) >= 11 is 0. The molecule has 1 aliphatic rings. The van der Waals surface area contributed by atoms with Crippen molar-refractivity contribution in [3.63, 3.8) is 0 Å². The lowest BCUT2D eigenvalue weighted by Gasteiger charge is -2.19. The van der Waals surface area contributed by atoms with Gasteiger partial charge < -0.3 is 24.8 Å². The average Bonchev–Trinajstić information content (AvgIpc) is 2.71. The largest absolute Gasteiger partial charge is 0.486 e. The Balaban J connectivity index is 1.62. The van der Waals surface area contributed by atoms with Crippen LogP contribution in [0.2, 0.25) is 0 Å². The van der Waals surface area contributed by atoms with E-state index in [-0.39, 0.29) is 11.3 Å². The molecule has 0 bridgehead atoms. The molecule has 0 radical (unpaired) electrons. The molecule has 0 aliphatic carbocycles. The van der Waals surface area contributed by atoms with Gasteiger partial charge in [0, 0.05) is 36.6 Å². The number of nitrogens with one attached hydrogen (secondary N) is 2. The zero-order chi connectivity index (χ0) is 20.1. The molecule has 10 nitrogen and oxygen atoms in total. The van der Waals surface area contributed by atoms with Gasteiger partial charge >= 0.3 is 5.97 Å². The Morgan fingerprint density at radius 2 is 1.89 bits per heavy atom. The Hall–Kier alpha value is -3.82. The molecule has 28 heavy (non-hydrogen) atoms. The highest BCUT2D eigenvalue weighted by Crippen LogP contribution is 2.32. The summed E-state index contributed by atoms with van der Waals surface area (Å²) in [5, 5.41) is 16.2. The second kappa shape index (κ2) is 8.25. The predicted octanol–water partition coefficient (Wildman–Crippen LogP) is 2.20. The van der Waals surface area contributed by atoms with Gasteiger partial charge in [0.1, 0.15) is 13.2 Å².